The van der Waals surface area contributed by atoms with Crippen LogP contribution in [0.1, 0.15) is 409 Å². The molecule has 0 aromatic carbocycles. The monoisotopic (exact) mass is 1450 g/mol. The second-order valence-electron chi connectivity index (χ2n) is 30.5. The lowest BCUT2D eigenvalue weighted by Crippen LogP contribution is -2.30. The highest BCUT2D eigenvalue weighted by Crippen LogP contribution is 2.45. The number of aliphatic hydroxyl groups is 1. The highest BCUT2D eigenvalue weighted by molar-refractivity contribution is 7.47. The molecule has 0 aliphatic rings. The fourth-order valence-corrected chi connectivity index (χ4v) is 13.8. The molecule has 0 aliphatic heterocycles. The third-order valence-corrected chi connectivity index (χ3v) is 20.8. The zero-order valence-corrected chi connectivity index (χ0v) is 66.9. The molecule has 6 atom stereocenters. The third-order valence-electron chi connectivity index (χ3n) is 18.9. The van der Waals surface area contributed by atoms with E-state index < -0.39 is 97.5 Å². The van der Waals surface area contributed by atoms with E-state index in [1.807, 2.05) is 0 Å². The second kappa shape index (κ2) is 69.1. The van der Waals surface area contributed by atoms with Crippen molar-refractivity contribution in [2.75, 3.05) is 39.6 Å². The first-order chi connectivity index (χ1) is 47.6. The van der Waals surface area contributed by atoms with Gasteiger partial charge in [0, 0.05) is 25.7 Å². The lowest BCUT2D eigenvalue weighted by molar-refractivity contribution is -0.161. The minimum atomic E-state index is -4.96. The van der Waals surface area contributed by atoms with Crippen LogP contribution in [0.3, 0.4) is 0 Å². The van der Waals surface area contributed by atoms with Gasteiger partial charge in [-0.3, -0.25) is 37.3 Å². The van der Waals surface area contributed by atoms with Gasteiger partial charge in [0.1, 0.15) is 19.3 Å². The van der Waals surface area contributed by atoms with Gasteiger partial charge in [0.2, 0.25) is 0 Å². The maximum absolute atomic E-state index is 13.1. The number of hydrogen-bond acceptors (Lipinski definition) is 15. The summed E-state index contributed by atoms with van der Waals surface area (Å²) in [6, 6.07) is 0. The molecule has 0 aromatic rings. The molecule has 588 valence electrons. The van der Waals surface area contributed by atoms with Crippen LogP contribution in [-0.2, 0) is 65.4 Å². The van der Waals surface area contributed by atoms with Gasteiger partial charge in [-0.05, 0) is 49.4 Å². The number of esters is 4. The second-order valence-corrected chi connectivity index (χ2v) is 33.4. The summed E-state index contributed by atoms with van der Waals surface area (Å²) in [5.41, 5.74) is 0. The Kier molecular flexibility index (Phi) is 67.8. The molecular formula is C80H156O17P2. The number of unbranched alkanes of at least 4 members (excludes halogenated alkanes) is 42. The lowest BCUT2D eigenvalue weighted by Gasteiger charge is -2.21. The molecule has 0 spiro atoms. The molecular weight excluding hydrogens is 1290 g/mol. The number of aliphatic hydroxyl groups excluding tert-OH is 1. The molecule has 0 rings (SSSR count). The van der Waals surface area contributed by atoms with Gasteiger partial charge in [-0.15, -0.1) is 0 Å². The van der Waals surface area contributed by atoms with Gasteiger partial charge in [-0.25, -0.2) is 9.13 Å². The Morgan fingerprint density at radius 2 is 0.485 bits per heavy atom. The Morgan fingerprint density at radius 3 is 0.717 bits per heavy atom. The van der Waals surface area contributed by atoms with E-state index in [4.69, 9.17) is 37.0 Å². The first-order valence-electron chi connectivity index (χ1n) is 41.2. The van der Waals surface area contributed by atoms with Crippen LogP contribution in [-0.4, -0.2) is 96.7 Å². The Hall–Kier alpha value is -1.94. The first kappa shape index (κ1) is 97.1. The van der Waals surface area contributed by atoms with Crippen molar-refractivity contribution >= 4 is 39.5 Å². The normalized spacial score (nSPS) is 14.3. The quantitative estimate of drug-likeness (QED) is 0.0222. The van der Waals surface area contributed by atoms with Crippen LogP contribution in [0.5, 0.6) is 0 Å². The fourth-order valence-electron chi connectivity index (χ4n) is 12.2. The predicted octanol–water partition coefficient (Wildman–Crippen LogP) is 23.6. The van der Waals surface area contributed by atoms with Crippen molar-refractivity contribution in [3.8, 4) is 0 Å². The minimum Gasteiger partial charge on any atom is -0.462 e. The van der Waals surface area contributed by atoms with E-state index >= 15 is 0 Å². The number of carbonyl (C=O) groups excluding carboxylic acids is 4. The van der Waals surface area contributed by atoms with Crippen LogP contribution < -0.4 is 0 Å². The van der Waals surface area contributed by atoms with E-state index in [-0.39, 0.29) is 25.7 Å². The van der Waals surface area contributed by atoms with Crippen molar-refractivity contribution in [3.63, 3.8) is 0 Å². The maximum atomic E-state index is 13.1. The standard InChI is InChI=1S/C80H156O17P2/c1-9-73(8)59-51-43-38-39-45-53-61-78(83)91-67-76(97-80(85)63-55-47-37-31-34-42-50-58-72(6)7)69-95-99(88,89)93-65-74(81)64-92-98(86,87)94-68-75(96-79(84)62-54-46-36-30-26-22-18-14-16-20-24-28-33-41-49-57-71(4)5)66-90-77(82)60-52-44-35-29-25-21-17-13-11-10-12-15-19-23-27-32-40-48-56-70(2)3/h70-76,81H,9-69H2,1-8H3,(H,86,87)(H,88,89)/t73?,74-,75-,76-/m1/s1. The van der Waals surface area contributed by atoms with Crippen molar-refractivity contribution < 1.29 is 80.2 Å². The van der Waals surface area contributed by atoms with Gasteiger partial charge in [-0.1, -0.05) is 357 Å². The average Bonchev–Trinajstić information content (AvgIpc) is 1.05. The molecule has 0 aliphatic carbocycles. The van der Waals surface area contributed by atoms with Crippen molar-refractivity contribution in [3.05, 3.63) is 0 Å². The molecule has 0 amide bonds. The Morgan fingerprint density at radius 1 is 0.283 bits per heavy atom. The van der Waals surface area contributed by atoms with Crippen LogP contribution >= 0.6 is 15.6 Å². The van der Waals surface area contributed by atoms with E-state index in [2.05, 4.69) is 55.4 Å². The summed E-state index contributed by atoms with van der Waals surface area (Å²) < 4.78 is 68.6. The van der Waals surface area contributed by atoms with Crippen LogP contribution in [0.15, 0.2) is 0 Å². The highest BCUT2D eigenvalue weighted by Gasteiger charge is 2.30. The smallest absolute Gasteiger partial charge is 0.462 e. The summed E-state index contributed by atoms with van der Waals surface area (Å²) in [4.78, 5) is 72.9. The topological polar surface area (TPSA) is 237 Å². The van der Waals surface area contributed by atoms with Gasteiger partial charge >= 0.3 is 39.5 Å². The third kappa shape index (κ3) is 72.8. The van der Waals surface area contributed by atoms with Crippen molar-refractivity contribution in [1.82, 2.24) is 0 Å². The van der Waals surface area contributed by atoms with Crippen molar-refractivity contribution in [1.29, 1.82) is 0 Å². The molecule has 3 N–H and O–H groups in total. The summed E-state index contributed by atoms with van der Waals surface area (Å²) in [5.74, 6) is 0.932. The number of rotatable bonds is 77. The van der Waals surface area contributed by atoms with E-state index in [9.17, 15) is 43.2 Å². The summed E-state index contributed by atoms with van der Waals surface area (Å²) in [6.07, 6.45) is 55.8. The van der Waals surface area contributed by atoms with Crippen molar-refractivity contribution in [2.24, 2.45) is 23.7 Å². The molecule has 0 saturated carbocycles. The Bertz CT molecular complexity index is 1940. The fraction of sp³-hybridized carbons (Fsp3) is 0.950. The number of hydrogen-bond donors (Lipinski definition) is 3. The van der Waals surface area contributed by atoms with Gasteiger partial charge in [0.25, 0.3) is 0 Å². The largest absolute Gasteiger partial charge is 0.472 e. The number of phosphoric acid groups is 2. The Labute approximate surface area is 607 Å². The summed E-state index contributed by atoms with van der Waals surface area (Å²) in [7, 11) is -9.92. The van der Waals surface area contributed by atoms with Gasteiger partial charge < -0.3 is 33.8 Å². The minimum absolute atomic E-state index is 0.102. The molecule has 0 radical (unpaired) electrons. The number of phosphoric ester groups is 2. The molecule has 0 aromatic heterocycles. The van der Waals surface area contributed by atoms with E-state index in [1.165, 1.54) is 205 Å². The molecule has 3 unspecified atom stereocenters. The molecule has 0 fully saturated rings. The molecule has 0 saturated heterocycles. The summed E-state index contributed by atoms with van der Waals surface area (Å²) >= 11 is 0. The first-order valence-corrected chi connectivity index (χ1v) is 44.2. The zero-order valence-electron chi connectivity index (χ0n) is 65.1. The summed E-state index contributed by atoms with van der Waals surface area (Å²) in [5, 5.41) is 10.6. The SMILES string of the molecule is CCC(C)CCCCCCCCC(=O)OC[C@H](COP(=O)(O)OC[C@H](O)COP(=O)(O)OC[C@@H](COC(=O)CCCCCCCCCCCCCCCCCCCCC(C)C)OC(=O)CCCCCCCCCCCCCCCCCC(C)C)OC(=O)CCCCCCCCCC(C)C. The van der Waals surface area contributed by atoms with Crippen LogP contribution in [0.25, 0.3) is 0 Å². The number of carbonyl (C=O) groups is 4. The summed E-state index contributed by atoms with van der Waals surface area (Å²) in [6.45, 7) is 14.2. The highest BCUT2D eigenvalue weighted by atomic mass is 31.2. The molecule has 0 heterocycles. The van der Waals surface area contributed by atoms with E-state index in [0.717, 1.165) is 114 Å². The van der Waals surface area contributed by atoms with Crippen LogP contribution in [0.2, 0.25) is 0 Å². The molecule has 99 heavy (non-hydrogen) atoms. The average molecular weight is 1450 g/mol. The van der Waals surface area contributed by atoms with E-state index in [0.29, 0.717) is 31.6 Å². The molecule has 17 nitrogen and oxygen atoms in total. The van der Waals surface area contributed by atoms with Crippen molar-refractivity contribution in [2.45, 2.75) is 427 Å². The van der Waals surface area contributed by atoms with Crippen LogP contribution in [0.4, 0.5) is 0 Å². The zero-order chi connectivity index (χ0) is 73.1. The molecule has 0 bridgehead atoms. The van der Waals surface area contributed by atoms with Gasteiger partial charge in [0.05, 0.1) is 26.4 Å². The van der Waals surface area contributed by atoms with E-state index in [1.54, 1.807) is 0 Å². The maximum Gasteiger partial charge on any atom is 0.472 e. The van der Waals surface area contributed by atoms with Gasteiger partial charge in [-0.2, -0.15) is 0 Å². The van der Waals surface area contributed by atoms with Crippen LogP contribution in [0, 0.1) is 23.7 Å². The number of ether oxygens (including phenoxy) is 4. The lowest BCUT2D eigenvalue weighted by atomic mass is 10.00. The molecule has 19 heteroatoms. The predicted molar refractivity (Wildman–Crippen MR) is 404 cm³/mol. The van der Waals surface area contributed by atoms with Gasteiger partial charge in [0.15, 0.2) is 12.2 Å². The Balaban J connectivity index is 5.19.